The van der Waals surface area contributed by atoms with Gasteiger partial charge in [-0.25, -0.2) is 0 Å². The van der Waals surface area contributed by atoms with E-state index >= 15 is 0 Å². The fraction of sp³-hybridized carbons (Fsp3) is 0.0526. The molecule has 5 rings (SSSR count). The van der Waals surface area contributed by atoms with E-state index in [0.29, 0.717) is 39.6 Å². The summed E-state index contributed by atoms with van der Waals surface area (Å²) in [7, 11) is 0. The van der Waals surface area contributed by atoms with E-state index < -0.39 is 0 Å². The number of hydrogen-bond acceptors (Lipinski definition) is 7. The van der Waals surface area contributed by atoms with Gasteiger partial charge in [-0.3, -0.25) is 5.10 Å². The van der Waals surface area contributed by atoms with Gasteiger partial charge in [0.2, 0.25) is 12.4 Å². The van der Waals surface area contributed by atoms with Crippen LogP contribution >= 0.6 is 0 Å². The summed E-state index contributed by atoms with van der Waals surface area (Å²) in [5.74, 6) is 1.72. The molecule has 1 aliphatic heterocycles. The molecule has 0 atom stereocenters. The summed E-state index contributed by atoms with van der Waals surface area (Å²) in [5.41, 5.74) is 10.0. The summed E-state index contributed by atoms with van der Waals surface area (Å²) in [6.07, 6.45) is 0. The molecule has 0 aliphatic carbocycles. The van der Waals surface area contributed by atoms with Gasteiger partial charge >= 0.3 is 0 Å². The Morgan fingerprint density at radius 1 is 1.04 bits per heavy atom. The molecule has 0 saturated heterocycles. The molecular weight excluding hydrogens is 344 g/mol. The number of nitrogens with one attached hydrogen (secondary N) is 1. The number of nitrogens with two attached hydrogens (primary N) is 1. The average molecular weight is 356 g/mol. The summed E-state index contributed by atoms with van der Waals surface area (Å²) in [6.45, 7) is 0.190. The van der Waals surface area contributed by atoms with Crippen LogP contribution in [0.5, 0.6) is 11.5 Å². The van der Waals surface area contributed by atoms with Gasteiger partial charge in [-0.1, -0.05) is 12.1 Å². The summed E-state index contributed by atoms with van der Waals surface area (Å²) in [4.78, 5) is 0. The topological polar surface area (TPSA) is 123 Å². The Balaban J connectivity index is 1.82. The normalized spacial score (nSPS) is 12.3. The second-order valence-electron chi connectivity index (χ2n) is 6.02. The monoisotopic (exact) mass is 356 g/mol. The molecule has 0 amide bonds. The number of nitrogen functional groups attached to an aromatic ring is 1. The first-order chi connectivity index (χ1) is 13.2. The molecule has 0 saturated carbocycles. The Kier molecular flexibility index (Phi) is 3.20. The summed E-state index contributed by atoms with van der Waals surface area (Å²) in [5, 5.41) is 25.4. The summed E-state index contributed by atoms with van der Waals surface area (Å²) < 4.78 is 10.9. The molecule has 0 fully saturated rings. The molecule has 2 aromatic heterocycles. The van der Waals surface area contributed by atoms with Gasteiger partial charge in [0, 0.05) is 11.1 Å². The number of fused-ring (bicyclic) bond motifs is 2. The predicted octanol–water partition coefficient (Wildman–Crippen LogP) is 2.87. The molecule has 0 unspecified atom stereocenters. The van der Waals surface area contributed by atoms with E-state index in [1.807, 2.05) is 30.3 Å². The van der Waals surface area contributed by atoms with Crippen LogP contribution in [-0.2, 0) is 0 Å². The van der Waals surface area contributed by atoms with Crippen molar-refractivity contribution in [2.75, 3.05) is 12.5 Å². The Labute approximate surface area is 153 Å². The van der Waals surface area contributed by atoms with Gasteiger partial charge in [-0.15, -0.1) is 10.2 Å². The van der Waals surface area contributed by atoms with Crippen LogP contribution in [0.2, 0.25) is 0 Å². The molecule has 8 heteroatoms. The van der Waals surface area contributed by atoms with Crippen molar-refractivity contribution in [2.45, 2.75) is 0 Å². The number of anilines is 1. The zero-order valence-corrected chi connectivity index (χ0v) is 13.9. The van der Waals surface area contributed by atoms with Crippen molar-refractivity contribution in [3.05, 3.63) is 48.0 Å². The number of H-pyrrole nitrogens is 1. The predicted molar refractivity (Wildman–Crippen MR) is 97.8 cm³/mol. The molecule has 2 aromatic carbocycles. The SMILES string of the molecule is N#Cc1cccc(-c2c(-c3ccc4c(c3)OCO4)nnc3n[nH]c(N)c23)c1. The zero-order chi connectivity index (χ0) is 18.4. The van der Waals surface area contributed by atoms with E-state index in [1.54, 1.807) is 12.1 Å². The van der Waals surface area contributed by atoms with E-state index in [4.69, 9.17) is 15.2 Å². The van der Waals surface area contributed by atoms with Crippen molar-refractivity contribution in [2.24, 2.45) is 0 Å². The maximum Gasteiger partial charge on any atom is 0.231 e. The van der Waals surface area contributed by atoms with Crippen molar-refractivity contribution in [1.82, 2.24) is 20.4 Å². The van der Waals surface area contributed by atoms with Crippen LogP contribution < -0.4 is 15.2 Å². The molecule has 1 aliphatic rings. The smallest absolute Gasteiger partial charge is 0.231 e. The third-order valence-corrected chi connectivity index (χ3v) is 4.43. The minimum Gasteiger partial charge on any atom is -0.454 e. The highest BCUT2D eigenvalue weighted by molar-refractivity contribution is 6.05. The Morgan fingerprint density at radius 3 is 2.81 bits per heavy atom. The first kappa shape index (κ1) is 15.2. The first-order valence-electron chi connectivity index (χ1n) is 8.15. The quantitative estimate of drug-likeness (QED) is 0.566. The second-order valence-corrected chi connectivity index (χ2v) is 6.02. The van der Waals surface area contributed by atoms with Crippen LogP contribution in [0, 0.1) is 11.3 Å². The van der Waals surface area contributed by atoms with Crippen LogP contribution in [0.1, 0.15) is 5.56 Å². The molecule has 27 heavy (non-hydrogen) atoms. The highest BCUT2D eigenvalue weighted by Gasteiger charge is 2.21. The number of hydrogen-bond donors (Lipinski definition) is 2. The fourth-order valence-electron chi connectivity index (χ4n) is 3.20. The van der Waals surface area contributed by atoms with Crippen molar-refractivity contribution in [3.63, 3.8) is 0 Å². The van der Waals surface area contributed by atoms with Gasteiger partial charge in [-0.2, -0.15) is 10.4 Å². The van der Waals surface area contributed by atoms with E-state index in [1.165, 1.54) is 0 Å². The van der Waals surface area contributed by atoms with E-state index in [2.05, 4.69) is 26.5 Å². The molecule has 3 heterocycles. The molecule has 8 nitrogen and oxygen atoms in total. The Hall–Kier alpha value is -4.12. The fourth-order valence-corrected chi connectivity index (χ4v) is 3.20. The van der Waals surface area contributed by atoms with Crippen molar-refractivity contribution >= 4 is 16.9 Å². The second kappa shape index (κ2) is 5.71. The standard InChI is InChI=1S/C19H12N6O2/c20-8-10-2-1-3-11(6-10)15-16-18(21)23-25-19(16)24-22-17(15)12-4-5-13-14(7-12)27-9-26-13/h1-7H,9H2,(H3,21,23,24,25). The maximum atomic E-state index is 9.28. The molecular formula is C19H12N6O2. The zero-order valence-electron chi connectivity index (χ0n) is 13.9. The van der Waals surface area contributed by atoms with Crippen molar-refractivity contribution in [1.29, 1.82) is 5.26 Å². The van der Waals surface area contributed by atoms with Gasteiger partial charge in [0.1, 0.15) is 11.5 Å². The van der Waals surface area contributed by atoms with Gasteiger partial charge < -0.3 is 15.2 Å². The van der Waals surface area contributed by atoms with Crippen LogP contribution in [-0.4, -0.2) is 27.2 Å². The largest absolute Gasteiger partial charge is 0.454 e. The number of nitriles is 1. The minimum absolute atomic E-state index is 0.190. The van der Waals surface area contributed by atoms with E-state index in [0.717, 1.165) is 16.7 Å². The molecule has 0 bridgehead atoms. The molecule has 0 radical (unpaired) electrons. The third kappa shape index (κ3) is 2.33. The molecule has 4 aromatic rings. The highest BCUT2D eigenvalue weighted by Crippen LogP contribution is 2.41. The lowest BCUT2D eigenvalue weighted by Crippen LogP contribution is -1.96. The summed E-state index contributed by atoms with van der Waals surface area (Å²) >= 11 is 0. The van der Waals surface area contributed by atoms with Crippen LogP contribution in [0.3, 0.4) is 0 Å². The number of aromatic nitrogens is 4. The molecule has 130 valence electrons. The van der Waals surface area contributed by atoms with E-state index in [9.17, 15) is 5.26 Å². The Morgan fingerprint density at radius 2 is 1.93 bits per heavy atom. The maximum absolute atomic E-state index is 9.28. The van der Waals surface area contributed by atoms with Gasteiger partial charge in [0.25, 0.3) is 0 Å². The van der Waals surface area contributed by atoms with Crippen LogP contribution in [0.25, 0.3) is 33.4 Å². The number of ether oxygens (including phenoxy) is 2. The average Bonchev–Trinajstić information content (AvgIpc) is 3.33. The highest BCUT2D eigenvalue weighted by atomic mass is 16.7. The van der Waals surface area contributed by atoms with E-state index in [-0.39, 0.29) is 6.79 Å². The molecule has 0 spiro atoms. The van der Waals surface area contributed by atoms with Crippen LogP contribution in [0.4, 0.5) is 5.82 Å². The van der Waals surface area contributed by atoms with Crippen LogP contribution in [0.15, 0.2) is 42.5 Å². The van der Waals surface area contributed by atoms with Gasteiger partial charge in [0.15, 0.2) is 11.5 Å². The number of nitrogens with zero attached hydrogens (tertiary/aromatic N) is 4. The lowest BCUT2D eigenvalue weighted by molar-refractivity contribution is 0.174. The first-order valence-corrected chi connectivity index (χ1v) is 8.15. The van der Waals surface area contributed by atoms with Crippen molar-refractivity contribution < 1.29 is 9.47 Å². The lowest BCUT2D eigenvalue weighted by atomic mass is 9.96. The molecule has 3 N–H and O–H groups in total. The lowest BCUT2D eigenvalue weighted by Gasteiger charge is -2.11. The third-order valence-electron chi connectivity index (χ3n) is 4.43. The number of rotatable bonds is 2. The summed E-state index contributed by atoms with van der Waals surface area (Å²) in [6, 6.07) is 15.0. The van der Waals surface area contributed by atoms with Gasteiger partial charge in [0.05, 0.1) is 17.0 Å². The van der Waals surface area contributed by atoms with Crippen molar-refractivity contribution in [3.8, 4) is 40.0 Å². The van der Waals surface area contributed by atoms with Gasteiger partial charge in [-0.05, 0) is 35.9 Å². The number of aromatic amines is 1. The number of benzene rings is 2. The Bertz CT molecular complexity index is 1240. The minimum atomic E-state index is 0.190.